The van der Waals surface area contributed by atoms with E-state index >= 15 is 0 Å². The van der Waals surface area contributed by atoms with Crippen LogP contribution in [0.15, 0.2) is 51.7 Å². The van der Waals surface area contributed by atoms with E-state index in [1.807, 2.05) is 24.3 Å². The number of benzene rings is 2. The Hall–Kier alpha value is -2.40. The molecule has 3 rings (SSSR count). The lowest BCUT2D eigenvalue weighted by Gasteiger charge is -2.00. The maximum absolute atomic E-state index is 10.9. The summed E-state index contributed by atoms with van der Waals surface area (Å²) in [7, 11) is 0. The summed E-state index contributed by atoms with van der Waals surface area (Å²) in [4.78, 5) is 15.2. The van der Waals surface area contributed by atoms with Crippen molar-refractivity contribution in [2.45, 2.75) is 4.34 Å². The first-order chi connectivity index (χ1) is 11.6. The fourth-order valence-corrected chi connectivity index (χ4v) is 4.11. The molecule has 0 unspecified atom stereocenters. The Morgan fingerprint density at radius 3 is 2.88 bits per heavy atom. The number of para-hydroxylation sites is 1. The van der Waals surface area contributed by atoms with Crippen LogP contribution in [0, 0.1) is 21.4 Å². The summed E-state index contributed by atoms with van der Waals surface area (Å²) in [6, 6.07) is 13.9. The Balaban J connectivity index is 1.94. The van der Waals surface area contributed by atoms with Crippen LogP contribution >= 0.6 is 34.7 Å². The molecule has 24 heavy (non-hydrogen) atoms. The number of thiazole rings is 1. The molecule has 0 fully saturated rings. The van der Waals surface area contributed by atoms with Gasteiger partial charge in [-0.3, -0.25) is 10.1 Å². The number of hydrogen-bond donors (Lipinski definition) is 0. The third-order valence-electron chi connectivity index (χ3n) is 3.06. The van der Waals surface area contributed by atoms with Crippen molar-refractivity contribution in [1.29, 1.82) is 5.26 Å². The Bertz CT molecular complexity index is 975. The lowest BCUT2D eigenvalue weighted by atomic mass is 10.2. The fourth-order valence-electron chi connectivity index (χ4n) is 1.97. The SMILES string of the molecule is N#CC(=Cc1cc([N+](=O)[O-])ccc1Cl)Sc1nc2ccccc2s1. The van der Waals surface area contributed by atoms with Crippen molar-refractivity contribution in [3.05, 3.63) is 68.1 Å². The topological polar surface area (TPSA) is 79.8 Å². The van der Waals surface area contributed by atoms with Crippen LogP contribution < -0.4 is 0 Å². The molecule has 0 bridgehead atoms. The number of nitro benzene ring substituents is 1. The highest BCUT2D eigenvalue weighted by Crippen LogP contribution is 2.35. The number of rotatable bonds is 4. The van der Waals surface area contributed by atoms with Crippen molar-refractivity contribution >= 4 is 56.7 Å². The van der Waals surface area contributed by atoms with Gasteiger partial charge in [0.05, 0.1) is 20.0 Å². The van der Waals surface area contributed by atoms with Gasteiger partial charge < -0.3 is 0 Å². The third-order valence-corrected chi connectivity index (χ3v) is 5.43. The number of nitriles is 1. The molecule has 0 aliphatic rings. The van der Waals surface area contributed by atoms with Gasteiger partial charge in [-0.2, -0.15) is 5.26 Å². The van der Waals surface area contributed by atoms with Crippen molar-refractivity contribution in [3.8, 4) is 6.07 Å². The number of non-ortho nitro benzene ring substituents is 1. The van der Waals surface area contributed by atoms with Crippen LogP contribution in [0.1, 0.15) is 5.56 Å². The first-order valence-corrected chi connectivity index (χ1v) is 8.67. The summed E-state index contributed by atoms with van der Waals surface area (Å²) in [5.74, 6) is 0. The van der Waals surface area contributed by atoms with E-state index in [4.69, 9.17) is 11.6 Å². The number of nitrogens with zero attached hydrogens (tertiary/aromatic N) is 3. The lowest BCUT2D eigenvalue weighted by Crippen LogP contribution is -1.88. The van der Waals surface area contributed by atoms with E-state index in [-0.39, 0.29) is 5.69 Å². The molecular weight excluding hydrogens is 366 g/mol. The molecule has 3 aromatic rings. The van der Waals surface area contributed by atoms with Gasteiger partial charge in [0.1, 0.15) is 6.07 Å². The molecule has 118 valence electrons. The summed E-state index contributed by atoms with van der Waals surface area (Å²) in [6.45, 7) is 0. The van der Waals surface area contributed by atoms with Crippen LogP contribution in [-0.2, 0) is 0 Å². The van der Waals surface area contributed by atoms with Crippen LogP contribution in [0.5, 0.6) is 0 Å². The standard InChI is InChI=1S/C16H8ClN3O2S2/c17-13-6-5-11(20(21)22)7-10(13)8-12(9-18)23-16-19-14-3-1-2-4-15(14)24-16/h1-8H. The summed E-state index contributed by atoms with van der Waals surface area (Å²) < 4.78 is 1.76. The average molecular weight is 374 g/mol. The second-order valence-electron chi connectivity index (χ2n) is 4.63. The zero-order valence-electron chi connectivity index (χ0n) is 12.0. The molecular formula is C16H8ClN3O2S2. The first kappa shape index (κ1) is 16.5. The van der Waals surface area contributed by atoms with Gasteiger partial charge in [0, 0.05) is 22.7 Å². The quantitative estimate of drug-likeness (QED) is 0.260. The summed E-state index contributed by atoms with van der Waals surface area (Å²) >= 11 is 8.76. The molecule has 5 nitrogen and oxygen atoms in total. The Kier molecular flexibility index (Phi) is 4.81. The Morgan fingerprint density at radius 1 is 1.38 bits per heavy atom. The highest BCUT2D eigenvalue weighted by atomic mass is 35.5. The van der Waals surface area contributed by atoms with Crippen LogP contribution in [0.3, 0.4) is 0 Å². The van der Waals surface area contributed by atoms with Gasteiger partial charge in [-0.25, -0.2) is 4.98 Å². The first-order valence-electron chi connectivity index (χ1n) is 6.66. The smallest absolute Gasteiger partial charge is 0.258 e. The summed E-state index contributed by atoms with van der Waals surface area (Å²) in [6.07, 6.45) is 1.53. The van der Waals surface area contributed by atoms with Gasteiger partial charge in [-0.15, -0.1) is 11.3 Å². The molecule has 0 spiro atoms. The molecule has 0 atom stereocenters. The van der Waals surface area contributed by atoms with E-state index in [2.05, 4.69) is 11.1 Å². The molecule has 1 aromatic heterocycles. The number of halogens is 1. The maximum Gasteiger partial charge on any atom is 0.270 e. The Labute approximate surface area is 150 Å². The molecule has 8 heteroatoms. The minimum absolute atomic E-state index is 0.0760. The van der Waals surface area contributed by atoms with Crippen molar-refractivity contribution in [1.82, 2.24) is 4.98 Å². The zero-order valence-corrected chi connectivity index (χ0v) is 14.4. The van der Waals surface area contributed by atoms with Gasteiger partial charge in [-0.1, -0.05) is 23.7 Å². The van der Waals surface area contributed by atoms with Crippen molar-refractivity contribution in [2.24, 2.45) is 0 Å². The second-order valence-corrected chi connectivity index (χ2v) is 7.36. The molecule has 0 amide bonds. The number of aromatic nitrogens is 1. The highest BCUT2D eigenvalue weighted by Gasteiger charge is 2.11. The van der Waals surface area contributed by atoms with Gasteiger partial charge in [0.25, 0.3) is 5.69 Å². The molecule has 0 aliphatic carbocycles. The average Bonchev–Trinajstić information content (AvgIpc) is 2.98. The normalized spacial score (nSPS) is 11.4. The zero-order chi connectivity index (χ0) is 17.1. The monoisotopic (exact) mass is 373 g/mol. The molecule has 0 radical (unpaired) electrons. The second kappa shape index (κ2) is 7.01. The van der Waals surface area contributed by atoms with Crippen LogP contribution in [0.25, 0.3) is 16.3 Å². The van der Waals surface area contributed by atoms with Crippen molar-refractivity contribution < 1.29 is 4.92 Å². The fraction of sp³-hybridized carbons (Fsp3) is 0. The predicted octanol–water partition coefficient (Wildman–Crippen LogP) is 5.51. The van der Waals surface area contributed by atoms with E-state index in [1.165, 1.54) is 47.4 Å². The van der Waals surface area contributed by atoms with Crippen LogP contribution in [-0.4, -0.2) is 9.91 Å². The predicted molar refractivity (Wildman–Crippen MR) is 97.2 cm³/mol. The molecule has 0 N–H and O–H groups in total. The molecule has 0 saturated carbocycles. The summed E-state index contributed by atoms with van der Waals surface area (Å²) in [5, 5.41) is 20.6. The lowest BCUT2D eigenvalue weighted by molar-refractivity contribution is -0.384. The number of hydrogen-bond acceptors (Lipinski definition) is 6. The number of allylic oxidation sites excluding steroid dienone is 1. The molecule has 1 heterocycles. The molecule has 0 saturated heterocycles. The van der Waals surface area contributed by atoms with Crippen molar-refractivity contribution in [2.75, 3.05) is 0 Å². The van der Waals surface area contributed by atoms with Gasteiger partial charge in [0.15, 0.2) is 4.34 Å². The van der Waals surface area contributed by atoms with E-state index in [1.54, 1.807) is 0 Å². The minimum atomic E-state index is -0.500. The van der Waals surface area contributed by atoms with Crippen LogP contribution in [0.2, 0.25) is 5.02 Å². The van der Waals surface area contributed by atoms with E-state index in [0.717, 1.165) is 14.6 Å². The van der Waals surface area contributed by atoms with Gasteiger partial charge >= 0.3 is 0 Å². The Morgan fingerprint density at radius 2 is 2.17 bits per heavy atom. The summed E-state index contributed by atoms with van der Waals surface area (Å²) in [5.41, 5.74) is 1.22. The number of nitro groups is 1. The van der Waals surface area contributed by atoms with Crippen molar-refractivity contribution in [3.63, 3.8) is 0 Å². The third kappa shape index (κ3) is 3.57. The minimum Gasteiger partial charge on any atom is -0.258 e. The largest absolute Gasteiger partial charge is 0.270 e. The van der Waals surface area contributed by atoms with Crippen LogP contribution in [0.4, 0.5) is 5.69 Å². The van der Waals surface area contributed by atoms with Gasteiger partial charge in [-0.05, 0) is 36.0 Å². The molecule has 0 aliphatic heterocycles. The van der Waals surface area contributed by atoms with E-state index in [0.29, 0.717) is 15.5 Å². The number of fused-ring (bicyclic) bond motifs is 1. The van der Waals surface area contributed by atoms with E-state index in [9.17, 15) is 15.4 Å². The number of thioether (sulfide) groups is 1. The van der Waals surface area contributed by atoms with Gasteiger partial charge in [0.2, 0.25) is 0 Å². The highest BCUT2D eigenvalue weighted by molar-refractivity contribution is 8.05. The maximum atomic E-state index is 10.9. The van der Waals surface area contributed by atoms with E-state index < -0.39 is 4.92 Å². The molecule has 2 aromatic carbocycles.